The molecule has 1 amide bonds. The van der Waals surface area contributed by atoms with Crippen LogP contribution in [0.15, 0.2) is 77.4 Å². The molecular weight excluding hydrogens is 489 g/mol. The number of hydrogen-bond acceptors (Lipinski definition) is 1. The van der Waals surface area contributed by atoms with Crippen molar-refractivity contribution in [3.8, 4) is 0 Å². The van der Waals surface area contributed by atoms with Gasteiger partial charge < -0.3 is 35.3 Å². The first kappa shape index (κ1) is 35.5. The van der Waals surface area contributed by atoms with Crippen molar-refractivity contribution in [1.29, 1.82) is 0 Å². The van der Waals surface area contributed by atoms with E-state index in [1.807, 2.05) is 0 Å². The molecule has 0 saturated heterocycles. The molecule has 0 spiro atoms. The second kappa shape index (κ2) is 17.4. The summed E-state index contributed by atoms with van der Waals surface area (Å²) < 4.78 is 0. The van der Waals surface area contributed by atoms with Gasteiger partial charge in [0.1, 0.15) is 9.52 Å². The average molecular weight is 523 g/mol. The second-order valence-corrected chi connectivity index (χ2v) is 9.97. The van der Waals surface area contributed by atoms with Gasteiger partial charge in [0, 0.05) is 5.41 Å². The number of allylic oxidation sites excluding steroid dienone is 4. The van der Waals surface area contributed by atoms with Gasteiger partial charge in [-0.2, -0.15) is 11.1 Å². The molecule has 2 nitrogen and oxygen atoms in total. The first-order valence-electron chi connectivity index (χ1n) is 10.0. The van der Waals surface area contributed by atoms with Crippen LogP contribution in [0, 0.1) is 17.4 Å². The maximum absolute atomic E-state index is 10.1. The number of carbonyl (C=O) groups is 1. The number of halogens is 2. The number of amides is 1. The molecule has 3 rings (SSSR count). The number of benzene rings is 2. The van der Waals surface area contributed by atoms with Gasteiger partial charge in [0.25, 0.3) is 0 Å². The topological polar surface area (TPSA) is 40.9 Å². The van der Waals surface area contributed by atoms with E-state index in [-0.39, 0.29) is 56.1 Å². The van der Waals surface area contributed by atoms with Gasteiger partial charge in [-0.1, -0.05) is 118 Å². The molecule has 0 fully saturated rings. The van der Waals surface area contributed by atoms with Crippen molar-refractivity contribution in [1.82, 2.24) is 0 Å². The van der Waals surface area contributed by atoms with Crippen LogP contribution in [-0.2, 0) is 26.5 Å². The Labute approximate surface area is 225 Å². The average Bonchev–Trinajstić information content (AvgIpc) is 2.89. The van der Waals surface area contributed by atoms with Crippen LogP contribution in [0.4, 0.5) is 0 Å². The Morgan fingerprint density at radius 3 is 1.41 bits per heavy atom. The van der Waals surface area contributed by atoms with Gasteiger partial charge in [0.05, 0.1) is 5.91 Å². The van der Waals surface area contributed by atoms with Crippen LogP contribution in [-0.4, -0.2) is 15.4 Å². The molecule has 1 N–H and O–H groups in total. The molecule has 1 radical (unpaired) electrons. The third-order valence-corrected chi connectivity index (χ3v) is 6.29. The minimum Gasteiger partial charge on any atom is -1.00 e. The van der Waals surface area contributed by atoms with E-state index < -0.39 is 11.3 Å². The van der Waals surface area contributed by atoms with Crippen LogP contribution in [0.5, 0.6) is 0 Å². The minimum absolute atomic E-state index is 0. The quantitative estimate of drug-likeness (QED) is 0.384. The van der Waals surface area contributed by atoms with E-state index in [0.717, 1.165) is 0 Å². The molecule has 0 aliphatic heterocycles. The van der Waals surface area contributed by atoms with Crippen molar-refractivity contribution in [2.24, 2.45) is 11.3 Å². The van der Waals surface area contributed by atoms with E-state index in [4.69, 9.17) is 5.73 Å². The maximum atomic E-state index is 10.1. The van der Waals surface area contributed by atoms with Crippen LogP contribution in [0.2, 0.25) is 0 Å². The molecule has 2 aromatic carbocycles. The van der Waals surface area contributed by atoms with E-state index in [1.165, 1.54) is 27.1 Å². The third kappa shape index (κ3) is 13.4. The van der Waals surface area contributed by atoms with Gasteiger partial charge in [-0.15, -0.1) is 6.92 Å². The predicted octanol–water partition coefficient (Wildman–Crippen LogP) is -0.587. The first-order chi connectivity index (χ1) is 13.5. The van der Waals surface area contributed by atoms with Crippen LogP contribution < -0.4 is 35.2 Å². The number of carbonyl (C=O) groups excluding carboxylic acids is 1. The molecule has 6 heteroatoms. The normalized spacial score (nSPS) is 14.1. The summed E-state index contributed by atoms with van der Waals surface area (Å²) in [6.45, 7) is 13.8. The van der Waals surface area contributed by atoms with Gasteiger partial charge in [0.15, 0.2) is 0 Å². The fourth-order valence-corrected chi connectivity index (χ4v) is 3.67. The molecule has 0 heterocycles. The molecular formula is C26H34Cl2NOSiTi. The summed E-state index contributed by atoms with van der Waals surface area (Å²) in [5, 5.41) is 2.90. The van der Waals surface area contributed by atoms with Crippen molar-refractivity contribution < 1.29 is 51.3 Å². The van der Waals surface area contributed by atoms with Gasteiger partial charge in [0.2, 0.25) is 0 Å². The molecule has 32 heavy (non-hydrogen) atoms. The number of rotatable bonds is 2. The zero-order chi connectivity index (χ0) is 22.0. The van der Waals surface area contributed by atoms with Crippen LogP contribution in [0.25, 0.3) is 5.73 Å². The molecule has 1 unspecified atom stereocenters. The monoisotopic (exact) mass is 522 g/mol. The van der Waals surface area contributed by atoms with Crippen molar-refractivity contribution in [2.75, 3.05) is 0 Å². The summed E-state index contributed by atoms with van der Waals surface area (Å²) in [6, 6.07) is 21.3. The predicted molar refractivity (Wildman–Crippen MR) is 128 cm³/mol. The zero-order valence-electron chi connectivity index (χ0n) is 20.1. The molecule has 0 bridgehead atoms. The summed E-state index contributed by atoms with van der Waals surface area (Å²) >= 11 is 0. The Bertz CT molecular complexity index is 810. The Kier molecular flexibility index (Phi) is 19.3. The fraction of sp³-hybridized carbons (Fsp3) is 0.346. The number of hydrogen-bond donors (Lipinski definition) is 0. The molecule has 171 valence electrons. The summed E-state index contributed by atoms with van der Waals surface area (Å²) in [7, 11) is 0.271. The summed E-state index contributed by atoms with van der Waals surface area (Å²) in [5.74, 6) is 0.0532. The molecule has 1 aliphatic rings. The van der Waals surface area contributed by atoms with Gasteiger partial charge in [-0.25, -0.2) is 5.57 Å². The van der Waals surface area contributed by atoms with Crippen molar-refractivity contribution in [2.45, 2.75) is 48.5 Å². The number of nitrogens with one attached hydrogen (secondary N) is 1. The maximum Gasteiger partial charge on any atom is 4.00 e. The van der Waals surface area contributed by atoms with E-state index in [0.29, 0.717) is 5.92 Å². The van der Waals surface area contributed by atoms with Crippen LogP contribution >= 0.6 is 0 Å². The van der Waals surface area contributed by atoms with Crippen LogP contribution in [0.1, 0.15) is 48.5 Å². The molecule has 0 saturated carbocycles. The van der Waals surface area contributed by atoms with E-state index in [1.54, 1.807) is 20.8 Å². The van der Waals surface area contributed by atoms with Crippen molar-refractivity contribution >= 4 is 25.8 Å². The van der Waals surface area contributed by atoms with Gasteiger partial charge >= 0.3 is 21.7 Å². The van der Waals surface area contributed by atoms with Crippen molar-refractivity contribution in [3.63, 3.8) is 0 Å². The van der Waals surface area contributed by atoms with Crippen molar-refractivity contribution in [3.05, 3.63) is 89.2 Å². The summed E-state index contributed by atoms with van der Waals surface area (Å²) in [6.07, 6.45) is 3.36. The third-order valence-electron chi connectivity index (χ3n) is 4.85. The van der Waals surface area contributed by atoms with Crippen LogP contribution in [0.3, 0.4) is 0 Å². The Morgan fingerprint density at radius 1 is 0.875 bits per heavy atom. The van der Waals surface area contributed by atoms with E-state index in [9.17, 15) is 4.79 Å². The summed E-state index contributed by atoms with van der Waals surface area (Å²) in [4.78, 5) is 10.1. The van der Waals surface area contributed by atoms with E-state index >= 15 is 0 Å². The first-order valence-corrected chi connectivity index (χ1v) is 11.2. The Hall–Kier alpha value is -1.10. The molecule has 1 aliphatic carbocycles. The largest absolute Gasteiger partial charge is 4.00 e. The Balaban J connectivity index is -0.000000397. The molecule has 1 atom stereocenters. The molecule has 2 aromatic rings. The Morgan fingerprint density at radius 2 is 1.22 bits per heavy atom. The van der Waals surface area contributed by atoms with E-state index in [2.05, 4.69) is 94.4 Å². The SMILES string of the molecule is CC(C)(C)C([NH-])=O.CC1=[C-]C(C)C(C)=C1C.[Cl-].[Cl-].[Ti+4].c1ccc([SiH]c2ccccc2)cc1. The molecule has 0 aromatic heterocycles. The second-order valence-electron chi connectivity index (χ2n) is 8.34. The minimum atomic E-state index is -0.507. The fourth-order valence-electron chi connectivity index (χ4n) is 2.45. The standard InChI is InChI=1S/C12H11Si.C9H13.C5H11NO.2ClH.Ti/c1-3-7-11(8-4-1)13-12-9-5-2-6-10-12;1-6-5-7(2)9(4)8(6)3;1-5(2,3)4(6)7;;;/h1-10,13H;6H,1-4H3;1-3H3,(H2,6,7);2*1H;/q;-1;;;;+4/p-3. The smallest absolute Gasteiger partial charge is 1.00 e. The zero-order valence-corrected chi connectivity index (χ0v) is 24.3. The van der Waals surface area contributed by atoms with Gasteiger partial charge in [-0.3, -0.25) is 6.08 Å². The summed E-state index contributed by atoms with van der Waals surface area (Å²) in [5.41, 5.74) is 10.4. The van der Waals surface area contributed by atoms with Gasteiger partial charge in [-0.05, 0) is 0 Å².